The van der Waals surface area contributed by atoms with Crippen molar-refractivity contribution in [3.8, 4) is 0 Å². The number of carbonyl (C=O) groups excluding carboxylic acids is 2. The Balaban J connectivity index is 1.44. The van der Waals surface area contributed by atoms with Crippen LogP contribution in [0.4, 0.5) is 4.39 Å². The minimum absolute atomic E-state index is 0.158. The molecule has 1 saturated carbocycles. The number of hydrogen-bond acceptors (Lipinski definition) is 6. The number of rotatable bonds is 9. The van der Waals surface area contributed by atoms with Crippen LogP contribution < -0.4 is 5.32 Å². The minimum Gasteiger partial charge on any atom is -0.345 e. The summed E-state index contributed by atoms with van der Waals surface area (Å²) in [7, 11) is 0. The summed E-state index contributed by atoms with van der Waals surface area (Å²) in [4.78, 5) is 33.9. The monoisotopic (exact) mass is 545 g/mol. The smallest absolute Gasteiger partial charge is 0.275 e. The molecule has 1 fully saturated rings. The van der Waals surface area contributed by atoms with Crippen LogP contribution in [0.25, 0.3) is 0 Å². The quantitative estimate of drug-likeness (QED) is 0.393. The molecule has 2 amide bonds. The number of halogens is 1. The van der Waals surface area contributed by atoms with Crippen LogP contribution in [0.5, 0.6) is 0 Å². The van der Waals surface area contributed by atoms with Crippen molar-refractivity contribution in [1.82, 2.24) is 30.8 Å². The molecular formula is C30H36FN7O2. The van der Waals surface area contributed by atoms with Crippen molar-refractivity contribution in [3.63, 3.8) is 0 Å². The third-order valence-corrected chi connectivity index (χ3v) is 8.29. The van der Waals surface area contributed by atoms with Gasteiger partial charge in [-0.15, -0.1) is 10.2 Å². The van der Waals surface area contributed by atoms with Crippen LogP contribution in [0.1, 0.15) is 92.6 Å². The summed E-state index contributed by atoms with van der Waals surface area (Å²) < 4.78 is 14.2. The van der Waals surface area contributed by atoms with E-state index in [0.29, 0.717) is 34.5 Å². The number of amides is 2. The first-order chi connectivity index (χ1) is 19.3. The summed E-state index contributed by atoms with van der Waals surface area (Å²) in [6.45, 7) is 6.77. The summed E-state index contributed by atoms with van der Waals surface area (Å²) >= 11 is 0. The Morgan fingerprint density at radius 1 is 1.18 bits per heavy atom. The highest BCUT2D eigenvalue weighted by molar-refractivity contribution is 6.46. The Morgan fingerprint density at radius 3 is 2.55 bits per heavy atom. The van der Waals surface area contributed by atoms with E-state index in [1.54, 1.807) is 24.3 Å². The van der Waals surface area contributed by atoms with Crippen molar-refractivity contribution >= 4 is 17.5 Å². The summed E-state index contributed by atoms with van der Waals surface area (Å²) in [5, 5.41) is 16.3. The summed E-state index contributed by atoms with van der Waals surface area (Å²) in [6, 6.07) is 13.3. The number of tetrazole rings is 1. The van der Waals surface area contributed by atoms with Crippen LogP contribution in [-0.2, 0) is 11.3 Å². The number of H-pyrrole nitrogens is 1. The van der Waals surface area contributed by atoms with Crippen LogP contribution in [0.2, 0.25) is 0 Å². The van der Waals surface area contributed by atoms with Gasteiger partial charge in [0.1, 0.15) is 17.2 Å². The number of carbonyl (C=O) groups is 2. The van der Waals surface area contributed by atoms with E-state index in [0.717, 1.165) is 44.1 Å². The van der Waals surface area contributed by atoms with E-state index in [-0.39, 0.29) is 30.2 Å². The Labute approximate surface area is 233 Å². The van der Waals surface area contributed by atoms with Crippen molar-refractivity contribution in [2.24, 2.45) is 16.8 Å². The molecule has 1 aliphatic heterocycles. The molecule has 1 aromatic heterocycles. The summed E-state index contributed by atoms with van der Waals surface area (Å²) in [5.41, 5.74) is 1.64. The number of nitrogens with one attached hydrogen (secondary N) is 2. The van der Waals surface area contributed by atoms with Crippen molar-refractivity contribution in [2.75, 3.05) is 0 Å². The normalized spacial score (nSPS) is 21.6. The fourth-order valence-electron chi connectivity index (χ4n) is 6.08. The lowest BCUT2D eigenvalue weighted by Gasteiger charge is -2.46. The number of aromatic amines is 1. The SMILES string of the molecule is CCC[C@H](c1ccc(C(=O)NCc2nn[nH]n2)cc1)N1C(=O)C(c2cccc(F)c2)=NC12CCC(C(C)C)CC2. The highest BCUT2D eigenvalue weighted by Gasteiger charge is 2.51. The molecule has 2 heterocycles. The molecule has 9 nitrogen and oxygen atoms in total. The van der Waals surface area contributed by atoms with E-state index in [1.165, 1.54) is 12.1 Å². The van der Waals surface area contributed by atoms with Crippen LogP contribution in [-0.4, -0.2) is 48.7 Å². The van der Waals surface area contributed by atoms with Gasteiger partial charge in [-0.25, -0.2) is 4.39 Å². The van der Waals surface area contributed by atoms with Gasteiger partial charge in [-0.1, -0.05) is 56.7 Å². The third-order valence-electron chi connectivity index (χ3n) is 8.29. The topological polar surface area (TPSA) is 116 Å². The molecule has 40 heavy (non-hydrogen) atoms. The van der Waals surface area contributed by atoms with Gasteiger partial charge >= 0.3 is 0 Å². The zero-order valence-electron chi connectivity index (χ0n) is 23.2. The van der Waals surface area contributed by atoms with E-state index in [2.05, 4.69) is 46.7 Å². The Morgan fingerprint density at radius 2 is 1.93 bits per heavy atom. The number of hydrogen-bond donors (Lipinski definition) is 2. The standard InChI is InChI=1S/C30H36FN7O2/c1-4-6-25(21-9-11-22(12-10-21)28(39)32-18-26-34-36-37-35-26)38-29(40)27(23-7-5-8-24(31)17-23)33-30(38)15-13-20(14-16-30)19(2)3/h5,7-12,17,19-20,25H,4,6,13-16,18H2,1-3H3,(H,32,39)(H,34,35,36,37)/t20?,25-,30?/m1/s1. The average molecular weight is 546 g/mol. The van der Waals surface area contributed by atoms with Gasteiger partial charge in [-0.3, -0.25) is 14.6 Å². The molecule has 210 valence electrons. The van der Waals surface area contributed by atoms with Crippen molar-refractivity contribution in [2.45, 2.75) is 77.5 Å². The molecule has 0 bridgehead atoms. The van der Waals surface area contributed by atoms with E-state index in [9.17, 15) is 14.0 Å². The molecule has 2 aromatic carbocycles. The first-order valence-corrected chi connectivity index (χ1v) is 14.1. The molecule has 0 radical (unpaired) electrons. The molecule has 1 aliphatic carbocycles. The summed E-state index contributed by atoms with van der Waals surface area (Å²) in [5.74, 6) is 0.759. The zero-order chi connectivity index (χ0) is 28.3. The first kappa shape index (κ1) is 27.6. The van der Waals surface area contributed by atoms with Gasteiger partial charge in [-0.2, -0.15) is 5.21 Å². The molecule has 3 aromatic rings. The molecular weight excluding hydrogens is 509 g/mol. The maximum Gasteiger partial charge on any atom is 0.275 e. The average Bonchev–Trinajstić information content (AvgIpc) is 3.57. The lowest BCUT2D eigenvalue weighted by Crippen LogP contribution is -2.51. The van der Waals surface area contributed by atoms with Gasteiger partial charge < -0.3 is 10.2 Å². The van der Waals surface area contributed by atoms with E-state index in [1.807, 2.05) is 17.0 Å². The maximum atomic E-state index is 14.2. The van der Waals surface area contributed by atoms with Crippen molar-refractivity contribution in [1.29, 1.82) is 0 Å². The predicted molar refractivity (Wildman–Crippen MR) is 149 cm³/mol. The minimum atomic E-state index is -0.662. The van der Waals surface area contributed by atoms with Gasteiger partial charge in [0, 0.05) is 11.1 Å². The van der Waals surface area contributed by atoms with Gasteiger partial charge in [0.05, 0.1) is 12.6 Å². The van der Waals surface area contributed by atoms with Crippen LogP contribution >= 0.6 is 0 Å². The molecule has 0 saturated heterocycles. The second-order valence-electron chi connectivity index (χ2n) is 11.1. The van der Waals surface area contributed by atoms with Gasteiger partial charge in [0.25, 0.3) is 11.8 Å². The van der Waals surface area contributed by atoms with Gasteiger partial charge in [0.2, 0.25) is 0 Å². The number of aliphatic imine (C=N–C) groups is 1. The van der Waals surface area contributed by atoms with E-state index >= 15 is 0 Å². The Kier molecular flexibility index (Phi) is 8.04. The molecule has 10 heteroatoms. The highest BCUT2D eigenvalue weighted by Crippen LogP contribution is 2.48. The number of benzene rings is 2. The molecule has 1 spiro atoms. The lowest BCUT2D eigenvalue weighted by atomic mass is 9.76. The molecule has 2 N–H and O–H groups in total. The summed E-state index contributed by atoms with van der Waals surface area (Å²) in [6.07, 6.45) is 5.13. The van der Waals surface area contributed by atoms with Crippen LogP contribution in [0.3, 0.4) is 0 Å². The first-order valence-electron chi connectivity index (χ1n) is 14.1. The predicted octanol–water partition coefficient (Wildman–Crippen LogP) is 4.98. The van der Waals surface area contributed by atoms with Gasteiger partial charge in [-0.05, 0) is 73.8 Å². The van der Waals surface area contributed by atoms with E-state index < -0.39 is 5.66 Å². The Hall–Kier alpha value is -3.95. The van der Waals surface area contributed by atoms with E-state index in [4.69, 9.17) is 4.99 Å². The molecule has 0 unspecified atom stereocenters. The number of nitrogens with zero attached hydrogens (tertiary/aromatic N) is 5. The third kappa shape index (κ3) is 5.52. The van der Waals surface area contributed by atoms with Crippen LogP contribution in [0, 0.1) is 17.7 Å². The highest BCUT2D eigenvalue weighted by atomic mass is 19.1. The second-order valence-corrected chi connectivity index (χ2v) is 11.1. The van der Waals surface area contributed by atoms with Crippen molar-refractivity contribution < 1.29 is 14.0 Å². The fraction of sp³-hybridized carbons (Fsp3) is 0.467. The largest absolute Gasteiger partial charge is 0.345 e. The van der Waals surface area contributed by atoms with Crippen molar-refractivity contribution in [3.05, 3.63) is 76.9 Å². The zero-order valence-corrected chi connectivity index (χ0v) is 23.2. The van der Waals surface area contributed by atoms with Gasteiger partial charge in [0.15, 0.2) is 5.82 Å². The lowest BCUT2D eigenvalue weighted by molar-refractivity contribution is -0.133. The fourth-order valence-corrected chi connectivity index (χ4v) is 6.08. The molecule has 5 rings (SSSR count). The number of aromatic nitrogens is 4. The molecule has 1 atom stereocenters. The maximum absolute atomic E-state index is 14.2. The Bertz CT molecular complexity index is 1360. The van der Waals surface area contributed by atoms with Crippen LogP contribution in [0.15, 0.2) is 53.5 Å². The molecule has 2 aliphatic rings. The second kappa shape index (κ2) is 11.7.